The van der Waals surface area contributed by atoms with Crippen molar-refractivity contribution in [2.45, 2.75) is 64.6 Å². The Morgan fingerprint density at radius 3 is 2.29 bits per heavy atom. The van der Waals surface area contributed by atoms with Crippen molar-refractivity contribution >= 4 is 34.2 Å². The van der Waals surface area contributed by atoms with Crippen LogP contribution in [0.3, 0.4) is 0 Å². The number of anilines is 1. The van der Waals surface area contributed by atoms with Gasteiger partial charge in [-0.1, -0.05) is 81.3 Å². The Hall–Kier alpha value is -3.69. The lowest BCUT2D eigenvalue weighted by molar-refractivity contribution is -0.152. The molecule has 0 saturated carbocycles. The van der Waals surface area contributed by atoms with Crippen molar-refractivity contribution in [3.8, 4) is 10.4 Å². The first kappa shape index (κ1) is 28.9. The van der Waals surface area contributed by atoms with Gasteiger partial charge in [0.2, 0.25) is 0 Å². The van der Waals surface area contributed by atoms with Crippen LogP contribution in [-0.4, -0.2) is 30.1 Å². The maximum Gasteiger partial charge on any atom is 0.323 e. The van der Waals surface area contributed by atoms with Crippen LogP contribution < -0.4 is 22.1 Å². The van der Waals surface area contributed by atoms with E-state index in [2.05, 4.69) is 17.6 Å². The fraction of sp³-hybridized carbons (Fsp3) is 0.345. The summed E-state index contributed by atoms with van der Waals surface area (Å²) in [5.41, 5.74) is 13.8. The molecule has 0 spiro atoms. The molecule has 0 aliphatic rings. The number of benzene rings is 2. The van der Waals surface area contributed by atoms with Gasteiger partial charge in [-0.25, -0.2) is 4.79 Å². The first-order valence-electron chi connectivity index (χ1n) is 12.9. The van der Waals surface area contributed by atoms with Crippen LogP contribution >= 0.6 is 11.3 Å². The molecule has 0 aliphatic heterocycles. The van der Waals surface area contributed by atoms with Crippen molar-refractivity contribution < 1.29 is 19.1 Å². The van der Waals surface area contributed by atoms with Gasteiger partial charge in [0, 0.05) is 11.4 Å². The van der Waals surface area contributed by atoms with E-state index in [-0.39, 0.29) is 17.6 Å². The van der Waals surface area contributed by atoms with Crippen molar-refractivity contribution in [2.75, 3.05) is 5.32 Å². The van der Waals surface area contributed by atoms with Crippen LogP contribution in [0.15, 0.2) is 60.7 Å². The van der Waals surface area contributed by atoms with Gasteiger partial charge in [0.05, 0.1) is 5.56 Å². The van der Waals surface area contributed by atoms with E-state index in [9.17, 15) is 14.4 Å². The van der Waals surface area contributed by atoms with Crippen molar-refractivity contribution in [1.82, 2.24) is 5.32 Å². The predicted molar refractivity (Wildman–Crippen MR) is 152 cm³/mol. The molecular weight excluding hydrogens is 500 g/mol. The van der Waals surface area contributed by atoms with E-state index < -0.39 is 18.0 Å². The predicted octanol–water partition coefficient (Wildman–Crippen LogP) is 5.22. The van der Waals surface area contributed by atoms with Crippen molar-refractivity contribution in [3.63, 3.8) is 0 Å². The number of hydrogen-bond donors (Lipinski definition) is 4. The molecule has 2 atom stereocenters. The SMILES string of the molecule is CCCCC(CC)OC(=O)C(Cc1ccccc1)NCc1ccc(-c2cc(C(N)=O)c(NC(N)=O)s2)cc1. The summed E-state index contributed by atoms with van der Waals surface area (Å²) in [5, 5.41) is 6.15. The molecule has 1 heterocycles. The molecule has 2 aromatic carbocycles. The highest BCUT2D eigenvalue weighted by atomic mass is 32.1. The zero-order valence-electron chi connectivity index (χ0n) is 21.9. The number of nitrogens with two attached hydrogens (primary N) is 2. The molecule has 38 heavy (non-hydrogen) atoms. The number of urea groups is 1. The van der Waals surface area contributed by atoms with E-state index in [0.717, 1.165) is 47.3 Å². The van der Waals surface area contributed by atoms with Gasteiger partial charge >= 0.3 is 12.0 Å². The Labute approximate surface area is 227 Å². The largest absolute Gasteiger partial charge is 0.461 e. The fourth-order valence-corrected chi connectivity index (χ4v) is 5.13. The van der Waals surface area contributed by atoms with Crippen molar-refractivity contribution in [2.24, 2.45) is 11.5 Å². The Morgan fingerprint density at radius 1 is 0.974 bits per heavy atom. The number of rotatable bonds is 14. The second-order valence-electron chi connectivity index (χ2n) is 9.14. The Kier molecular flexibility index (Phi) is 10.9. The summed E-state index contributed by atoms with van der Waals surface area (Å²) < 4.78 is 5.89. The summed E-state index contributed by atoms with van der Waals surface area (Å²) in [6.07, 6.45) is 4.21. The van der Waals surface area contributed by atoms with Gasteiger partial charge in [-0.2, -0.15) is 0 Å². The smallest absolute Gasteiger partial charge is 0.323 e. The molecule has 0 saturated heterocycles. The Morgan fingerprint density at radius 2 is 1.68 bits per heavy atom. The molecule has 0 bridgehead atoms. The third-order valence-corrected chi connectivity index (χ3v) is 7.31. The lowest BCUT2D eigenvalue weighted by Gasteiger charge is -2.22. The first-order chi connectivity index (χ1) is 18.3. The number of amides is 3. The lowest BCUT2D eigenvalue weighted by atomic mass is 10.0. The molecule has 0 fully saturated rings. The van der Waals surface area contributed by atoms with Gasteiger partial charge in [0.25, 0.3) is 5.91 Å². The molecule has 0 aliphatic carbocycles. The highest BCUT2D eigenvalue weighted by Crippen LogP contribution is 2.35. The summed E-state index contributed by atoms with van der Waals surface area (Å²) in [7, 11) is 0. The minimum absolute atomic E-state index is 0.0770. The second kappa shape index (κ2) is 14.3. The quantitative estimate of drug-likeness (QED) is 0.210. The van der Waals surface area contributed by atoms with Crippen LogP contribution in [0.25, 0.3) is 10.4 Å². The van der Waals surface area contributed by atoms with Gasteiger partial charge in [0.1, 0.15) is 17.1 Å². The van der Waals surface area contributed by atoms with Gasteiger partial charge in [-0.3, -0.25) is 14.9 Å². The summed E-state index contributed by atoms with van der Waals surface area (Å²) in [5.74, 6) is -0.881. The monoisotopic (exact) mass is 536 g/mol. The van der Waals surface area contributed by atoms with Gasteiger partial charge in [0.15, 0.2) is 0 Å². The van der Waals surface area contributed by atoms with Crippen LogP contribution in [-0.2, 0) is 22.5 Å². The molecule has 1 aromatic heterocycles. The van der Waals surface area contributed by atoms with Crippen LogP contribution in [0, 0.1) is 0 Å². The topological polar surface area (TPSA) is 137 Å². The van der Waals surface area contributed by atoms with E-state index in [0.29, 0.717) is 18.0 Å². The maximum absolute atomic E-state index is 13.1. The number of nitrogens with one attached hydrogen (secondary N) is 2. The van der Waals surface area contributed by atoms with Crippen molar-refractivity contribution in [3.05, 3.63) is 77.4 Å². The number of primary amides is 2. The molecule has 8 nitrogen and oxygen atoms in total. The highest BCUT2D eigenvalue weighted by molar-refractivity contribution is 7.20. The number of unbranched alkanes of at least 4 members (excludes halogenated alkanes) is 1. The average Bonchev–Trinajstić information content (AvgIpc) is 3.33. The first-order valence-corrected chi connectivity index (χ1v) is 13.7. The zero-order valence-corrected chi connectivity index (χ0v) is 22.7. The molecular formula is C29H36N4O4S. The summed E-state index contributed by atoms with van der Waals surface area (Å²) in [6, 6.07) is 18.0. The minimum atomic E-state index is -0.762. The van der Waals surface area contributed by atoms with Gasteiger partial charge in [-0.15, -0.1) is 11.3 Å². The maximum atomic E-state index is 13.1. The Bertz CT molecular complexity index is 1210. The second-order valence-corrected chi connectivity index (χ2v) is 10.2. The van der Waals surface area contributed by atoms with E-state index in [1.807, 2.05) is 61.5 Å². The van der Waals surface area contributed by atoms with Crippen LogP contribution in [0.1, 0.15) is 61.0 Å². The van der Waals surface area contributed by atoms with E-state index >= 15 is 0 Å². The Balaban J connectivity index is 1.71. The molecule has 202 valence electrons. The van der Waals surface area contributed by atoms with E-state index in [1.165, 1.54) is 11.3 Å². The number of thiophene rings is 1. The van der Waals surface area contributed by atoms with Gasteiger partial charge in [-0.05, 0) is 42.0 Å². The summed E-state index contributed by atoms with van der Waals surface area (Å²) in [6.45, 7) is 4.65. The minimum Gasteiger partial charge on any atom is -0.461 e. The standard InChI is InChI=1S/C29H36N4O4S/c1-3-5-11-22(4-2)37-28(35)24(16-19-9-7-6-8-10-19)32-18-20-12-14-21(15-13-20)25-17-23(26(30)34)27(38-25)33-29(31)36/h6-10,12-15,17,22,24,32H,3-5,11,16,18H2,1-2H3,(H2,30,34)(H3,31,33,36). The summed E-state index contributed by atoms with van der Waals surface area (Å²) in [4.78, 5) is 37.0. The van der Waals surface area contributed by atoms with Gasteiger partial charge < -0.3 is 21.5 Å². The normalized spacial score (nSPS) is 12.5. The molecule has 2 unspecified atom stereocenters. The number of carbonyl (C=O) groups excluding carboxylic acids is 3. The molecule has 0 radical (unpaired) electrons. The van der Waals surface area contributed by atoms with Crippen LogP contribution in [0.5, 0.6) is 0 Å². The third kappa shape index (κ3) is 8.43. The van der Waals surface area contributed by atoms with Crippen LogP contribution in [0.4, 0.5) is 9.80 Å². The third-order valence-electron chi connectivity index (χ3n) is 6.21. The van der Waals surface area contributed by atoms with Crippen molar-refractivity contribution in [1.29, 1.82) is 0 Å². The number of carbonyl (C=O) groups is 3. The highest BCUT2D eigenvalue weighted by Gasteiger charge is 2.23. The zero-order chi connectivity index (χ0) is 27.5. The fourth-order valence-electron chi connectivity index (χ4n) is 4.06. The molecule has 9 heteroatoms. The van der Waals surface area contributed by atoms with E-state index in [1.54, 1.807) is 6.07 Å². The number of ether oxygens (including phenoxy) is 1. The van der Waals surface area contributed by atoms with Crippen LogP contribution in [0.2, 0.25) is 0 Å². The summed E-state index contributed by atoms with van der Waals surface area (Å²) >= 11 is 1.22. The number of hydrogen-bond acceptors (Lipinski definition) is 6. The molecule has 3 rings (SSSR count). The molecule has 6 N–H and O–H groups in total. The molecule has 3 aromatic rings. The number of esters is 1. The van der Waals surface area contributed by atoms with E-state index in [4.69, 9.17) is 16.2 Å². The average molecular weight is 537 g/mol. The molecule has 3 amide bonds. The lowest BCUT2D eigenvalue weighted by Crippen LogP contribution is -2.41.